The molecule has 0 unspecified atom stereocenters. The summed E-state index contributed by atoms with van der Waals surface area (Å²) in [6, 6.07) is 8.12. The van der Waals surface area contributed by atoms with Crippen molar-refractivity contribution in [1.29, 1.82) is 5.26 Å². The number of nitriles is 1. The maximum Gasteiger partial charge on any atom is 0.289 e. The Balaban J connectivity index is 2.35. The van der Waals surface area contributed by atoms with Gasteiger partial charge in [-0.1, -0.05) is 0 Å². The highest BCUT2D eigenvalue weighted by Gasteiger charge is 2.13. The van der Waals surface area contributed by atoms with E-state index < -0.39 is 4.92 Å². The number of rotatable bonds is 5. The molecule has 0 bridgehead atoms. The van der Waals surface area contributed by atoms with E-state index in [1.807, 2.05) is 6.07 Å². The highest BCUT2D eigenvalue weighted by atomic mass is 16.6. The predicted octanol–water partition coefficient (Wildman–Crippen LogP) is 2.62. The van der Waals surface area contributed by atoms with Crippen LogP contribution < -0.4 is 14.8 Å². The Hall–Kier alpha value is -3.34. The second kappa shape index (κ2) is 6.41. The third-order valence-electron chi connectivity index (χ3n) is 2.85. The van der Waals surface area contributed by atoms with Crippen LogP contribution in [-0.2, 0) is 0 Å². The fourth-order valence-corrected chi connectivity index (χ4v) is 1.79. The molecule has 2 rings (SSSR count). The van der Waals surface area contributed by atoms with Crippen LogP contribution in [0.25, 0.3) is 0 Å². The number of ether oxygens (including phenoxy) is 2. The van der Waals surface area contributed by atoms with Gasteiger partial charge in [0, 0.05) is 17.8 Å². The fraction of sp³-hybridized carbons (Fsp3) is 0.143. The first-order valence-corrected chi connectivity index (χ1v) is 6.12. The van der Waals surface area contributed by atoms with Gasteiger partial charge in [0.15, 0.2) is 11.5 Å². The molecule has 1 aromatic heterocycles. The second-order valence-corrected chi connectivity index (χ2v) is 4.15. The van der Waals surface area contributed by atoms with Crippen LogP contribution in [0.1, 0.15) is 5.56 Å². The number of benzene rings is 1. The first-order chi connectivity index (χ1) is 10.6. The predicted molar refractivity (Wildman–Crippen MR) is 78.4 cm³/mol. The van der Waals surface area contributed by atoms with Crippen molar-refractivity contribution < 1.29 is 14.4 Å². The molecule has 0 saturated heterocycles. The molecular weight excluding hydrogens is 288 g/mol. The third-order valence-corrected chi connectivity index (χ3v) is 2.85. The van der Waals surface area contributed by atoms with Gasteiger partial charge in [0.2, 0.25) is 0 Å². The zero-order chi connectivity index (χ0) is 16.1. The monoisotopic (exact) mass is 300 g/mol. The quantitative estimate of drug-likeness (QED) is 0.667. The van der Waals surface area contributed by atoms with Crippen molar-refractivity contribution in [2.45, 2.75) is 0 Å². The molecule has 8 nitrogen and oxygen atoms in total. The summed E-state index contributed by atoms with van der Waals surface area (Å²) in [5.74, 6) is 1.29. The molecule has 112 valence electrons. The van der Waals surface area contributed by atoms with E-state index in [4.69, 9.17) is 14.7 Å². The minimum absolute atomic E-state index is 0.0731. The molecule has 0 fully saturated rings. The summed E-state index contributed by atoms with van der Waals surface area (Å²) in [7, 11) is 3.03. The van der Waals surface area contributed by atoms with E-state index in [2.05, 4.69) is 10.3 Å². The van der Waals surface area contributed by atoms with E-state index in [0.717, 1.165) is 12.3 Å². The Morgan fingerprint density at radius 1 is 1.27 bits per heavy atom. The molecule has 1 N–H and O–H groups in total. The summed E-state index contributed by atoms with van der Waals surface area (Å²) in [4.78, 5) is 14.0. The summed E-state index contributed by atoms with van der Waals surface area (Å²) >= 11 is 0. The van der Waals surface area contributed by atoms with Crippen LogP contribution in [0.4, 0.5) is 17.2 Å². The van der Waals surface area contributed by atoms with E-state index in [9.17, 15) is 10.1 Å². The summed E-state index contributed by atoms with van der Waals surface area (Å²) in [5.41, 5.74) is 0.439. The van der Waals surface area contributed by atoms with Crippen molar-refractivity contribution in [2.75, 3.05) is 19.5 Å². The van der Waals surface area contributed by atoms with Crippen molar-refractivity contribution in [3.8, 4) is 17.6 Å². The molecule has 0 atom stereocenters. The molecule has 0 aliphatic heterocycles. The summed E-state index contributed by atoms with van der Waals surface area (Å²) in [6.45, 7) is 0. The van der Waals surface area contributed by atoms with Gasteiger partial charge in [-0.05, 0) is 12.1 Å². The van der Waals surface area contributed by atoms with Gasteiger partial charge in [-0.25, -0.2) is 4.98 Å². The first kappa shape index (κ1) is 15.1. The van der Waals surface area contributed by atoms with E-state index >= 15 is 0 Å². The lowest BCUT2D eigenvalue weighted by Gasteiger charge is -2.11. The first-order valence-electron chi connectivity index (χ1n) is 6.12. The van der Waals surface area contributed by atoms with Crippen molar-refractivity contribution in [3.63, 3.8) is 0 Å². The minimum Gasteiger partial charge on any atom is -0.493 e. The van der Waals surface area contributed by atoms with Gasteiger partial charge in [0.05, 0.1) is 19.1 Å². The molecule has 8 heteroatoms. The molecule has 22 heavy (non-hydrogen) atoms. The van der Waals surface area contributed by atoms with Crippen LogP contribution >= 0.6 is 0 Å². The van der Waals surface area contributed by atoms with E-state index in [-0.39, 0.29) is 17.1 Å². The maximum atomic E-state index is 10.7. The summed E-state index contributed by atoms with van der Waals surface area (Å²) in [6.07, 6.45) is 1.09. The second-order valence-electron chi connectivity index (χ2n) is 4.15. The number of nitrogens with zero attached hydrogens (tertiary/aromatic N) is 3. The molecule has 0 aliphatic rings. The van der Waals surface area contributed by atoms with Crippen LogP contribution in [-0.4, -0.2) is 24.1 Å². The van der Waals surface area contributed by atoms with Gasteiger partial charge in [0.25, 0.3) is 5.69 Å². The van der Waals surface area contributed by atoms with Crippen molar-refractivity contribution in [2.24, 2.45) is 0 Å². The number of nitrogens with one attached hydrogen (secondary N) is 1. The molecule has 2 aromatic rings. The lowest BCUT2D eigenvalue weighted by atomic mass is 10.2. The number of aromatic nitrogens is 1. The molecule has 0 spiro atoms. The van der Waals surface area contributed by atoms with Crippen LogP contribution in [0.15, 0.2) is 30.5 Å². The van der Waals surface area contributed by atoms with E-state index in [0.29, 0.717) is 17.2 Å². The Kier molecular flexibility index (Phi) is 4.38. The van der Waals surface area contributed by atoms with E-state index in [1.165, 1.54) is 14.2 Å². The van der Waals surface area contributed by atoms with Crippen molar-refractivity contribution >= 4 is 17.2 Å². The summed E-state index contributed by atoms with van der Waals surface area (Å²) < 4.78 is 10.3. The van der Waals surface area contributed by atoms with Gasteiger partial charge in [-0.2, -0.15) is 5.26 Å². The molecule has 0 aliphatic carbocycles. The Labute approximate surface area is 126 Å². The van der Waals surface area contributed by atoms with Gasteiger partial charge in [0.1, 0.15) is 23.6 Å². The number of anilines is 2. The molecule has 0 amide bonds. The Morgan fingerprint density at radius 3 is 2.59 bits per heavy atom. The third kappa shape index (κ3) is 3.04. The summed E-state index contributed by atoms with van der Waals surface area (Å²) in [5, 5.41) is 22.7. The highest BCUT2D eigenvalue weighted by Crippen LogP contribution is 2.31. The van der Waals surface area contributed by atoms with Crippen LogP contribution in [0.5, 0.6) is 11.5 Å². The lowest BCUT2D eigenvalue weighted by Crippen LogP contribution is -2.00. The SMILES string of the molecule is COc1ccc(Nc2ncc([N+](=O)[O-])cc2C#N)cc1OC. The van der Waals surface area contributed by atoms with Crippen molar-refractivity contribution in [3.05, 3.63) is 46.1 Å². The number of hydrogen-bond donors (Lipinski definition) is 1. The number of nitro groups is 1. The number of methoxy groups -OCH3 is 2. The van der Waals surface area contributed by atoms with Gasteiger partial charge in [-0.3, -0.25) is 10.1 Å². The fourth-order valence-electron chi connectivity index (χ4n) is 1.79. The van der Waals surface area contributed by atoms with Gasteiger partial charge < -0.3 is 14.8 Å². The number of pyridine rings is 1. The molecule has 0 radical (unpaired) electrons. The van der Waals surface area contributed by atoms with Crippen molar-refractivity contribution in [1.82, 2.24) is 4.98 Å². The van der Waals surface area contributed by atoms with Gasteiger partial charge >= 0.3 is 0 Å². The van der Waals surface area contributed by atoms with Crippen LogP contribution in [0, 0.1) is 21.4 Å². The highest BCUT2D eigenvalue weighted by molar-refractivity contribution is 5.66. The topological polar surface area (TPSA) is 110 Å². The van der Waals surface area contributed by atoms with Gasteiger partial charge in [-0.15, -0.1) is 0 Å². The maximum absolute atomic E-state index is 10.7. The molecule has 1 aromatic carbocycles. The van der Waals surface area contributed by atoms with E-state index in [1.54, 1.807) is 18.2 Å². The standard InChI is InChI=1S/C14H12N4O4/c1-21-12-4-3-10(6-13(12)22-2)17-14-9(7-15)5-11(8-16-14)18(19)20/h3-6,8H,1-2H3,(H,16,17). The van der Waals surface area contributed by atoms with Crippen LogP contribution in [0.3, 0.4) is 0 Å². The normalized spacial score (nSPS) is 9.68. The minimum atomic E-state index is -0.603. The lowest BCUT2D eigenvalue weighted by molar-refractivity contribution is -0.385. The zero-order valence-electron chi connectivity index (χ0n) is 11.9. The molecule has 0 saturated carbocycles. The number of hydrogen-bond acceptors (Lipinski definition) is 7. The zero-order valence-corrected chi connectivity index (χ0v) is 11.9. The molecule has 1 heterocycles. The Morgan fingerprint density at radius 2 is 2.00 bits per heavy atom. The molecular formula is C14H12N4O4. The average molecular weight is 300 g/mol. The largest absolute Gasteiger partial charge is 0.493 e. The Bertz CT molecular complexity index is 755. The van der Waals surface area contributed by atoms with Crippen LogP contribution in [0.2, 0.25) is 0 Å². The average Bonchev–Trinajstić information content (AvgIpc) is 2.54. The smallest absolute Gasteiger partial charge is 0.289 e.